The van der Waals surface area contributed by atoms with Crippen LogP contribution >= 0.6 is 11.3 Å². The summed E-state index contributed by atoms with van der Waals surface area (Å²) in [6, 6.07) is 2.01. The van der Waals surface area contributed by atoms with Crippen molar-refractivity contribution in [3.63, 3.8) is 0 Å². The number of hydrogen-bond donors (Lipinski definition) is 1. The Morgan fingerprint density at radius 2 is 1.90 bits per heavy atom. The average molecular weight is 314 g/mol. The molecule has 1 unspecified atom stereocenters. The lowest BCUT2D eigenvalue weighted by molar-refractivity contribution is 0.564. The molecule has 1 N–H and O–H groups in total. The number of nitrogens with zero attached hydrogens (tertiary/aromatic N) is 1. The van der Waals surface area contributed by atoms with Gasteiger partial charge in [0.25, 0.3) is 0 Å². The van der Waals surface area contributed by atoms with Crippen molar-refractivity contribution in [2.24, 2.45) is 0 Å². The quantitative estimate of drug-likeness (QED) is 0.944. The van der Waals surface area contributed by atoms with Crippen molar-refractivity contribution in [3.8, 4) is 0 Å². The maximum absolute atomic E-state index is 13.3. The third kappa shape index (κ3) is 3.05. The lowest BCUT2D eigenvalue weighted by Gasteiger charge is -2.15. The van der Waals surface area contributed by atoms with Crippen molar-refractivity contribution >= 4 is 21.4 Å². The predicted octanol–water partition coefficient (Wildman–Crippen LogP) is 2.94. The van der Waals surface area contributed by atoms with Crippen LogP contribution in [0, 0.1) is 19.7 Å². The van der Waals surface area contributed by atoms with E-state index in [2.05, 4.69) is 9.71 Å². The van der Waals surface area contributed by atoms with Crippen molar-refractivity contribution in [3.05, 3.63) is 45.7 Å². The molecule has 2 rings (SSSR count). The Hall–Kier alpha value is -1.31. The van der Waals surface area contributed by atoms with Crippen LogP contribution in [0.25, 0.3) is 0 Å². The molecular formula is C13H15FN2O2S2. The van der Waals surface area contributed by atoms with Crippen molar-refractivity contribution in [1.82, 2.24) is 9.71 Å². The highest BCUT2D eigenvalue weighted by Gasteiger charge is 2.23. The van der Waals surface area contributed by atoms with Gasteiger partial charge < -0.3 is 0 Å². The highest BCUT2D eigenvalue weighted by molar-refractivity contribution is 7.89. The van der Waals surface area contributed by atoms with E-state index in [4.69, 9.17) is 0 Å². The molecule has 1 heterocycles. The summed E-state index contributed by atoms with van der Waals surface area (Å²) in [4.78, 5) is 4.21. The summed E-state index contributed by atoms with van der Waals surface area (Å²) >= 11 is 1.38. The normalized spacial score (nSPS) is 13.4. The molecule has 0 fully saturated rings. The number of thiazole rings is 1. The highest BCUT2D eigenvalue weighted by Crippen LogP contribution is 2.24. The zero-order valence-corrected chi connectivity index (χ0v) is 13.0. The topological polar surface area (TPSA) is 59.1 Å². The number of rotatable bonds is 4. The van der Waals surface area contributed by atoms with E-state index >= 15 is 0 Å². The zero-order valence-electron chi connectivity index (χ0n) is 11.3. The molecule has 2 aromatic rings. The highest BCUT2D eigenvalue weighted by atomic mass is 32.2. The smallest absolute Gasteiger partial charge is 0.241 e. The summed E-state index contributed by atoms with van der Waals surface area (Å²) in [7, 11) is -3.71. The van der Waals surface area contributed by atoms with Crippen LogP contribution < -0.4 is 4.72 Å². The first-order valence-corrected chi connectivity index (χ1v) is 8.36. The van der Waals surface area contributed by atoms with Crippen LogP contribution in [0.4, 0.5) is 4.39 Å². The lowest BCUT2D eigenvalue weighted by atomic mass is 10.1. The molecular weight excluding hydrogens is 299 g/mol. The van der Waals surface area contributed by atoms with E-state index in [1.807, 2.05) is 0 Å². The van der Waals surface area contributed by atoms with Crippen LogP contribution in [0.2, 0.25) is 0 Å². The molecule has 0 saturated heterocycles. The van der Waals surface area contributed by atoms with Gasteiger partial charge in [0, 0.05) is 11.6 Å². The Bertz CT molecular complexity index is 689. The second-order valence-corrected chi connectivity index (χ2v) is 7.16. The van der Waals surface area contributed by atoms with Gasteiger partial charge in [0.1, 0.15) is 10.8 Å². The Morgan fingerprint density at radius 3 is 2.40 bits per heavy atom. The number of aryl methyl sites for hydroxylation is 2. The molecule has 0 aliphatic heterocycles. The number of sulfonamides is 1. The second-order valence-electron chi connectivity index (χ2n) is 4.58. The molecule has 20 heavy (non-hydrogen) atoms. The van der Waals surface area contributed by atoms with Gasteiger partial charge in [0.05, 0.1) is 10.9 Å². The van der Waals surface area contributed by atoms with Gasteiger partial charge in [-0.3, -0.25) is 0 Å². The Kier molecular flexibility index (Phi) is 4.22. The molecule has 1 aromatic carbocycles. The van der Waals surface area contributed by atoms with E-state index in [0.717, 1.165) is 0 Å². The summed E-state index contributed by atoms with van der Waals surface area (Å²) < 4.78 is 40.7. The van der Waals surface area contributed by atoms with E-state index in [0.29, 0.717) is 16.1 Å². The largest absolute Gasteiger partial charge is 0.248 e. The molecule has 0 radical (unpaired) electrons. The maximum Gasteiger partial charge on any atom is 0.241 e. The molecule has 0 bridgehead atoms. The summed E-state index contributed by atoms with van der Waals surface area (Å²) in [5.74, 6) is -0.438. The van der Waals surface area contributed by atoms with Gasteiger partial charge in [-0.1, -0.05) is 0 Å². The molecule has 7 heteroatoms. The van der Waals surface area contributed by atoms with Crippen LogP contribution in [0.15, 0.2) is 28.6 Å². The van der Waals surface area contributed by atoms with E-state index in [1.54, 1.807) is 32.3 Å². The summed E-state index contributed by atoms with van der Waals surface area (Å²) in [5, 5.41) is 2.47. The van der Waals surface area contributed by atoms with Crippen molar-refractivity contribution in [2.75, 3.05) is 0 Å². The number of aromatic nitrogens is 1. The van der Waals surface area contributed by atoms with Crippen molar-refractivity contribution in [1.29, 1.82) is 0 Å². The standard InChI is InChI=1S/C13H15FN2O2S2/c1-8-6-11(14)7-9(2)12(8)20(17,18)16-10(3)13-15-4-5-19-13/h4-7,10,16H,1-3H3. The Morgan fingerprint density at radius 1 is 1.30 bits per heavy atom. The third-order valence-electron chi connectivity index (χ3n) is 2.85. The first-order chi connectivity index (χ1) is 9.31. The van der Waals surface area contributed by atoms with E-state index in [-0.39, 0.29) is 4.90 Å². The average Bonchev–Trinajstić information content (AvgIpc) is 2.78. The molecule has 0 saturated carbocycles. The molecule has 4 nitrogen and oxygen atoms in total. The second kappa shape index (κ2) is 5.59. The molecule has 108 valence electrons. The van der Waals surface area contributed by atoms with E-state index in [1.165, 1.54) is 23.5 Å². The molecule has 1 atom stereocenters. The monoisotopic (exact) mass is 314 g/mol. The third-order valence-corrected chi connectivity index (χ3v) is 5.65. The van der Waals surface area contributed by atoms with Crippen LogP contribution in [0.5, 0.6) is 0 Å². The number of hydrogen-bond acceptors (Lipinski definition) is 4. The predicted molar refractivity (Wildman–Crippen MR) is 76.7 cm³/mol. The molecule has 1 aromatic heterocycles. The summed E-state index contributed by atoms with van der Waals surface area (Å²) in [6.07, 6.45) is 1.62. The number of nitrogens with one attached hydrogen (secondary N) is 1. The van der Waals surface area contributed by atoms with Crippen molar-refractivity contribution in [2.45, 2.75) is 31.7 Å². The molecule has 0 amide bonds. The maximum atomic E-state index is 13.3. The lowest BCUT2D eigenvalue weighted by Crippen LogP contribution is -2.28. The molecule has 0 aliphatic rings. The van der Waals surface area contributed by atoms with Gasteiger partial charge in [-0.15, -0.1) is 11.3 Å². The van der Waals surface area contributed by atoms with E-state index < -0.39 is 21.9 Å². The SMILES string of the molecule is Cc1cc(F)cc(C)c1S(=O)(=O)NC(C)c1nccs1. The van der Waals surface area contributed by atoms with Crippen LogP contribution in [0.1, 0.15) is 29.1 Å². The minimum atomic E-state index is -3.71. The van der Waals surface area contributed by atoms with Gasteiger partial charge in [-0.2, -0.15) is 0 Å². The van der Waals surface area contributed by atoms with Gasteiger partial charge in [0.15, 0.2) is 0 Å². The zero-order chi connectivity index (χ0) is 14.9. The molecule has 0 aliphatic carbocycles. The fraction of sp³-hybridized carbons (Fsp3) is 0.308. The summed E-state index contributed by atoms with van der Waals surface area (Å²) in [5.41, 5.74) is 0.780. The van der Waals surface area contributed by atoms with Crippen LogP contribution in [0.3, 0.4) is 0 Å². The number of benzene rings is 1. The Balaban J connectivity index is 2.37. The van der Waals surface area contributed by atoms with Crippen LogP contribution in [-0.4, -0.2) is 13.4 Å². The first-order valence-electron chi connectivity index (χ1n) is 5.99. The molecule has 0 spiro atoms. The fourth-order valence-electron chi connectivity index (χ4n) is 2.11. The van der Waals surface area contributed by atoms with E-state index in [9.17, 15) is 12.8 Å². The Labute approximate surface area is 121 Å². The first kappa shape index (κ1) is 15.1. The van der Waals surface area contributed by atoms with Crippen molar-refractivity contribution < 1.29 is 12.8 Å². The van der Waals surface area contributed by atoms with Gasteiger partial charge in [-0.25, -0.2) is 22.5 Å². The minimum absolute atomic E-state index is 0.127. The van der Waals surface area contributed by atoms with Gasteiger partial charge in [0.2, 0.25) is 10.0 Å². The number of halogens is 1. The minimum Gasteiger partial charge on any atom is -0.248 e. The summed E-state index contributed by atoms with van der Waals surface area (Å²) in [6.45, 7) is 4.89. The fourth-order valence-corrected chi connectivity index (χ4v) is 4.49. The van der Waals surface area contributed by atoms with Gasteiger partial charge in [-0.05, 0) is 44.0 Å². The van der Waals surface area contributed by atoms with Gasteiger partial charge >= 0.3 is 0 Å². The van der Waals surface area contributed by atoms with Crippen LogP contribution in [-0.2, 0) is 10.0 Å².